The Bertz CT molecular complexity index is 1430. The maximum absolute atomic E-state index is 13.0. The third kappa shape index (κ3) is 4.04. The van der Waals surface area contributed by atoms with Crippen molar-refractivity contribution < 1.29 is 18.3 Å². The lowest BCUT2D eigenvalue weighted by atomic mass is 9.89. The number of carboxylic acid groups (broad SMARTS) is 1. The first-order chi connectivity index (χ1) is 15.2. The van der Waals surface area contributed by atoms with E-state index in [0.29, 0.717) is 0 Å². The number of aryl methyl sites for hydroxylation is 2. The molecule has 0 saturated carbocycles. The second-order valence-electron chi connectivity index (χ2n) is 8.17. The fraction of sp³-hybridized carbons (Fsp3) is 0.148. The summed E-state index contributed by atoms with van der Waals surface area (Å²) in [6.07, 6.45) is -0.0669. The Kier molecular flexibility index (Phi) is 5.61. The zero-order valence-corrected chi connectivity index (χ0v) is 19.0. The molecule has 0 unspecified atom stereocenters. The van der Waals surface area contributed by atoms with Gasteiger partial charge in [0.25, 0.3) is 0 Å². The first-order valence-corrected chi connectivity index (χ1v) is 11.8. The number of aliphatic carboxylic acids is 1. The van der Waals surface area contributed by atoms with E-state index < -0.39 is 15.8 Å². The van der Waals surface area contributed by atoms with Gasteiger partial charge in [-0.2, -0.15) is 0 Å². The Morgan fingerprint density at radius 1 is 0.781 bits per heavy atom. The first kappa shape index (κ1) is 21.8. The molecular formula is C27H24O4S. The molecule has 0 saturated heterocycles. The molecule has 4 nitrogen and oxygen atoms in total. The molecule has 0 aromatic heterocycles. The van der Waals surface area contributed by atoms with Gasteiger partial charge in [-0.3, -0.25) is 4.79 Å². The quantitative estimate of drug-likeness (QED) is 0.416. The molecule has 4 aromatic rings. The number of sulfone groups is 1. The molecule has 4 rings (SSSR count). The Labute approximate surface area is 188 Å². The molecule has 0 bridgehead atoms. The minimum Gasteiger partial charge on any atom is -0.481 e. The number of hydrogen-bond donors (Lipinski definition) is 1. The summed E-state index contributed by atoms with van der Waals surface area (Å²) >= 11 is 0. The van der Waals surface area contributed by atoms with E-state index in [1.807, 2.05) is 39.0 Å². The van der Waals surface area contributed by atoms with Crippen LogP contribution in [0.1, 0.15) is 22.3 Å². The van der Waals surface area contributed by atoms with Gasteiger partial charge in [0.05, 0.1) is 16.2 Å². The molecular weight excluding hydrogens is 420 g/mol. The van der Waals surface area contributed by atoms with Crippen LogP contribution in [0.3, 0.4) is 0 Å². The number of carbonyl (C=O) groups is 1. The lowest BCUT2D eigenvalue weighted by Gasteiger charge is -2.16. The molecule has 0 heterocycles. The standard InChI is InChI=1S/C27H24O4S/c1-17-5-10-23(11-6-17)32(30,31)24-12-8-20(9-13-24)27-19(3)22(16-26(28)29)15-21-7-4-18(2)14-25(21)27/h4-15H,16H2,1-3H3,(H,28,29). The molecule has 32 heavy (non-hydrogen) atoms. The lowest BCUT2D eigenvalue weighted by molar-refractivity contribution is -0.136. The van der Waals surface area contributed by atoms with Crippen LogP contribution in [0.2, 0.25) is 0 Å². The van der Waals surface area contributed by atoms with E-state index in [1.54, 1.807) is 48.5 Å². The van der Waals surface area contributed by atoms with Gasteiger partial charge in [0.15, 0.2) is 0 Å². The Balaban J connectivity index is 1.86. The van der Waals surface area contributed by atoms with Gasteiger partial charge in [-0.15, -0.1) is 0 Å². The van der Waals surface area contributed by atoms with Crippen LogP contribution < -0.4 is 0 Å². The van der Waals surface area contributed by atoms with E-state index in [0.717, 1.165) is 44.2 Å². The summed E-state index contributed by atoms with van der Waals surface area (Å²) in [6, 6.07) is 21.7. The van der Waals surface area contributed by atoms with E-state index in [-0.39, 0.29) is 16.2 Å². The van der Waals surface area contributed by atoms with Crippen LogP contribution in [0.5, 0.6) is 0 Å². The normalized spacial score (nSPS) is 11.6. The van der Waals surface area contributed by atoms with Crippen LogP contribution in [0.15, 0.2) is 82.6 Å². The molecule has 162 valence electrons. The number of hydrogen-bond acceptors (Lipinski definition) is 3. The third-order valence-corrected chi connectivity index (χ3v) is 7.58. The predicted molar refractivity (Wildman–Crippen MR) is 127 cm³/mol. The first-order valence-electron chi connectivity index (χ1n) is 10.3. The average Bonchev–Trinajstić information content (AvgIpc) is 2.75. The zero-order chi connectivity index (χ0) is 23.0. The summed E-state index contributed by atoms with van der Waals surface area (Å²) in [4.78, 5) is 11.9. The van der Waals surface area contributed by atoms with Crippen LogP contribution in [0.4, 0.5) is 0 Å². The summed E-state index contributed by atoms with van der Waals surface area (Å²) in [5.41, 5.74) is 5.52. The topological polar surface area (TPSA) is 71.4 Å². The van der Waals surface area contributed by atoms with Crippen molar-refractivity contribution in [2.75, 3.05) is 0 Å². The molecule has 1 N–H and O–H groups in total. The van der Waals surface area contributed by atoms with Gasteiger partial charge in [-0.1, -0.05) is 59.7 Å². The van der Waals surface area contributed by atoms with Gasteiger partial charge in [-0.05, 0) is 78.1 Å². The summed E-state index contributed by atoms with van der Waals surface area (Å²) in [5.74, 6) is -0.884. The van der Waals surface area contributed by atoms with Gasteiger partial charge < -0.3 is 5.11 Å². The molecule has 0 aliphatic rings. The Morgan fingerprint density at radius 3 is 1.94 bits per heavy atom. The monoisotopic (exact) mass is 444 g/mol. The van der Waals surface area contributed by atoms with Crippen molar-refractivity contribution >= 4 is 26.6 Å². The second-order valence-corrected chi connectivity index (χ2v) is 10.1. The molecule has 0 radical (unpaired) electrons. The van der Waals surface area contributed by atoms with Gasteiger partial charge in [0.2, 0.25) is 9.84 Å². The highest BCUT2D eigenvalue weighted by Gasteiger charge is 2.19. The van der Waals surface area contributed by atoms with E-state index in [9.17, 15) is 18.3 Å². The lowest BCUT2D eigenvalue weighted by Crippen LogP contribution is -2.04. The average molecular weight is 445 g/mol. The molecule has 0 aliphatic carbocycles. The Morgan fingerprint density at radius 2 is 1.34 bits per heavy atom. The van der Waals surface area contributed by atoms with Crippen molar-refractivity contribution in [3.63, 3.8) is 0 Å². The minimum atomic E-state index is -3.62. The van der Waals surface area contributed by atoms with Crippen LogP contribution in [0.25, 0.3) is 21.9 Å². The highest BCUT2D eigenvalue weighted by Crippen LogP contribution is 2.36. The van der Waals surface area contributed by atoms with Crippen molar-refractivity contribution in [1.82, 2.24) is 0 Å². The minimum absolute atomic E-state index is 0.0669. The summed E-state index contributed by atoms with van der Waals surface area (Å²) in [7, 11) is -3.62. The van der Waals surface area contributed by atoms with Gasteiger partial charge in [-0.25, -0.2) is 8.42 Å². The molecule has 4 aromatic carbocycles. The third-order valence-electron chi connectivity index (χ3n) is 5.79. The number of rotatable bonds is 5. The highest BCUT2D eigenvalue weighted by atomic mass is 32.2. The van der Waals surface area contributed by atoms with Crippen LogP contribution in [-0.2, 0) is 21.1 Å². The largest absolute Gasteiger partial charge is 0.481 e. The molecule has 0 atom stereocenters. The molecule has 0 aliphatic heterocycles. The van der Waals surface area contributed by atoms with Crippen LogP contribution in [-0.4, -0.2) is 19.5 Å². The zero-order valence-electron chi connectivity index (χ0n) is 18.2. The van der Waals surface area contributed by atoms with E-state index in [4.69, 9.17) is 0 Å². The van der Waals surface area contributed by atoms with Crippen LogP contribution in [0, 0.1) is 20.8 Å². The van der Waals surface area contributed by atoms with Crippen molar-refractivity contribution in [2.45, 2.75) is 37.0 Å². The molecule has 0 amide bonds. The number of fused-ring (bicyclic) bond motifs is 1. The molecule has 0 fully saturated rings. The summed E-state index contributed by atoms with van der Waals surface area (Å²) in [5, 5.41) is 11.3. The van der Waals surface area contributed by atoms with Crippen LogP contribution >= 0.6 is 0 Å². The summed E-state index contributed by atoms with van der Waals surface area (Å²) < 4.78 is 26.1. The van der Waals surface area contributed by atoms with E-state index in [2.05, 4.69) is 6.07 Å². The fourth-order valence-electron chi connectivity index (χ4n) is 4.04. The van der Waals surface area contributed by atoms with Crippen molar-refractivity contribution in [1.29, 1.82) is 0 Å². The SMILES string of the molecule is Cc1ccc(S(=O)(=O)c2ccc(-c3c(C)c(CC(=O)O)cc4ccc(C)cc34)cc2)cc1. The number of carboxylic acids is 1. The smallest absolute Gasteiger partial charge is 0.307 e. The van der Waals surface area contributed by atoms with Crippen molar-refractivity contribution in [3.8, 4) is 11.1 Å². The van der Waals surface area contributed by atoms with Gasteiger partial charge in [0.1, 0.15) is 0 Å². The molecule has 5 heteroatoms. The summed E-state index contributed by atoms with van der Waals surface area (Å²) in [6.45, 7) is 5.85. The Hall–Kier alpha value is -3.44. The van der Waals surface area contributed by atoms with E-state index >= 15 is 0 Å². The number of benzene rings is 4. The fourth-order valence-corrected chi connectivity index (χ4v) is 5.30. The second kappa shape index (κ2) is 8.24. The van der Waals surface area contributed by atoms with Gasteiger partial charge >= 0.3 is 5.97 Å². The molecule has 0 spiro atoms. The maximum Gasteiger partial charge on any atom is 0.307 e. The predicted octanol–water partition coefficient (Wildman–Crippen LogP) is 5.89. The maximum atomic E-state index is 13.0. The van der Waals surface area contributed by atoms with Gasteiger partial charge in [0, 0.05) is 0 Å². The van der Waals surface area contributed by atoms with Crippen molar-refractivity contribution in [2.24, 2.45) is 0 Å². The van der Waals surface area contributed by atoms with Crippen molar-refractivity contribution in [3.05, 3.63) is 95.1 Å². The van der Waals surface area contributed by atoms with E-state index in [1.165, 1.54) is 0 Å². The highest BCUT2D eigenvalue weighted by molar-refractivity contribution is 7.91.